The first kappa shape index (κ1) is 29.5. The van der Waals surface area contributed by atoms with Crippen molar-refractivity contribution in [2.24, 2.45) is 10.2 Å². The summed E-state index contributed by atoms with van der Waals surface area (Å²) in [5.74, 6) is -0.282. The normalized spacial score (nSPS) is 13.1. The van der Waals surface area contributed by atoms with Gasteiger partial charge in [-0.15, -0.1) is 5.69 Å². The predicted molar refractivity (Wildman–Crippen MR) is 114 cm³/mol. The molecule has 1 aromatic heterocycles. The van der Waals surface area contributed by atoms with Crippen molar-refractivity contribution in [1.82, 2.24) is 9.78 Å². The smallest absolute Gasteiger partial charge is 0.506 e. The van der Waals surface area contributed by atoms with Gasteiger partial charge in [0, 0.05) is 23.6 Å². The zero-order chi connectivity index (χ0) is 23.0. The number of sulfone groups is 1. The minimum absolute atomic E-state index is 0. The van der Waals surface area contributed by atoms with E-state index in [4.69, 9.17) is 4.55 Å². The SMILES string of the molecule is Cc1nn(-c2ccc(OS(=O)(O)=S)cc2)c(=O)[c-]1N=Nc1cc(S(C)(=O)=O)ccc1O.[Cr].[Na+]. The summed E-state index contributed by atoms with van der Waals surface area (Å²) in [4.78, 5) is 12.6. The number of benzene rings is 2. The van der Waals surface area contributed by atoms with Gasteiger partial charge in [0.2, 0.25) is 0 Å². The predicted octanol–water partition coefficient (Wildman–Crippen LogP) is -0.701. The van der Waals surface area contributed by atoms with Crippen molar-refractivity contribution in [2.75, 3.05) is 6.26 Å². The van der Waals surface area contributed by atoms with Crippen LogP contribution in [0.15, 0.2) is 62.4 Å². The minimum atomic E-state index is -3.85. The van der Waals surface area contributed by atoms with Crippen LogP contribution in [0.2, 0.25) is 0 Å². The fourth-order valence-electron chi connectivity index (χ4n) is 2.47. The van der Waals surface area contributed by atoms with Crippen molar-refractivity contribution in [3.8, 4) is 17.2 Å². The molecular formula is C17H15CrN4NaO7S3. The van der Waals surface area contributed by atoms with E-state index in [0.717, 1.165) is 23.1 Å². The van der Waals surface area contributed by atoms with Gasteiger partial charge in [-0.25, -0.2) is 18.2 Å². The van der Waals surface area contributed by atoms with Crippen molar-refractivity contribution in [1.29, 1.82) is 0 Å². The summed E-state index contributed by atoms with van der Waals surface area (Å²) in [5.41, 5.74) is -0.321. The van der Waals surface area contributed by atoms with Crippen molar-refractivity contribution in [2.45, 2.75) is 11.8 Å². The third kappa shape index (κ3) is 7.47. The van der Waals surface area contributed by atoms with Crippen LogP contribution >= 0.6 is 0 Å². The molecule has 170 valence electrons. The second-order valence-electron chi connectivity index (χ2n) is 6.28. The number of phenolic OH excluding ortho intramolecular Hbond substituents is 1. The summed E-state index contributed by atoms with van der Waals surface area (Å²) in [6, 6.07) is 9.04. The number of hydrogen-bond acceptors (Lipinski definition) is 10. The van der Waals surface area contributed by atoms with Crippen LogP contribution in [0.5, 0.6) is 11.5 Å². The molecule has 0 saturated heterocycles. The van der Waals surface area contributed by atoms with E-state index >= 15 is 0 Å². The van der Waals surface area contributed by atoms with Gasteiger partial charge in [0.1, 0.15) is 22.7 Å². The molecule has 0 aliphatic heterocycles. The standard InChI is InChI=1S/C17H15N4O7S3.Cr.Na/c1-10-16(19-18-14-9-13(30(2,24)25)7-8-15(14)22)17(23)21(20-10)11-3-5-12(6-4-11)28-31(26,27)29;;/h3-9,22H,1-2H3,(H,26,27,29);;/q-1;;+1. The van der Waals surface area contributed by atoms with Crippen LogP contribution in [0.25, 0.3) is 5.69 Å². The maximum Gasteiger partial charge on any atom is 1.00 e. The van der Waals surface area contributed by atoms with E-state index in [0.29, 0.717) is 5.69 Å². The Hall–Kier alpha value is -1.54. The Balaban J connectivity index is 0.00000272. The van der Waals surface area contributed by atoms with Crippen LogP contribution in [0.4, 0.5) is 11.4 Å². The number of aromatic nitrogens is 2. The van der Waals surface area contributed by atoms with Gasteiger partial charge < -0.3 is 19.2 Å². The second-order valence-corrected chi connectivity index (χ2v) is 10.6. The van der Waals surface area contributed by atoms with Gasteiger partial charge in [-0.2, -0.15) is 9.32 Å². The average molecular weight is 559 g/mol. The fourth-order valence-corrected chi connectivity index (χ4v) is 3.70. The van der Waals surface area contributed by atoms with Crippen molar-refractivity contribution < 1.29 is 73.4 Å². The number of aryl methyl sites for hydroxylation is 1. The molecule has 2 N–H and O–H groups in total. The monoisotopic (exact) mass is 558 g/mol. The second kappa shape index (κ2) is 11.3. The molecule has 0 spiro atoms. The number of hydrogen-bond donors (Lipinski definition) is 2. The maximum atomic E-state index is 12.7. The van der Waals surface area contributed by atoms with E-state index in [-0.39, 0.29) is 80.4 Å². The number of azo groups is 1. The number of rotatable bonds is 6. The summed E-state index contributed by atoms with van der Waals surface area (Å²) in [7, 11) is -7.38. The maximum absolute atomic E-state index is 12.7. The molecule has 0 bridgehead atoms. The van der Waals surface area contributed by atoms with E-state index in [1.165, 1.54) is 37.3 Å². The quantitative estimate of drug-likeness (QED) is 0.227. The first-order valence-electron chi connectivity index (χ1n) is 8.34. The summed E-state index contributed by atoms with van der Waals surface area (Å²) >= 11 is 4.26. The third-order valence-corrected chi connectivity index (χ3v) is 5.62. The average Bonchev–Trinajstić information content (AvgIpc) is 2.93. The Kier molecular flexibility index (Phi) is 10.1. The summed E-state index contributed by atoms with van der Waals surface area (Å²) < 4.78 is 49.2. The Morgan fingerprint density at radius 2 is 1.76 bits per heavy atom. The minimum Gasteiger partial charge on any atom is -0.506 e. The molecule has 1 atom stereocenters. The molecule has 2 aromatic carbocycles. The topological polar surface area (TPSA) is 161 Å². The number of phenols is 1. The molecule has 0 amide bonds. The van der Waals surface area contributed by atoms with Gasteiger partial charge in [0.15, 0.2) is 9.84 Å². The molecule has 11 nitrogen and oxygen atoms in total. The molecule has 3 aromatic rings. The molecular weight excluding hydrogens is 543 g/mol. The van der Waals surface area contributed by atoms with E-state index in [1.807, 2.05) is 0 Å². The van der Waals surface area contributed by atoms with Crippen molar-refractivity contribution in [3.05, 3.63) is 58.5 Å². The summed E-state index contributed by atoms with van der Waals surface area (Å²) in [6.45, 7) is 1.52. The Morgan fingerprint density at radius 1 is 1.15 bits per heavy atom. The van der Waals surface area contributed by atoms with Crippen LogP contribution in [0.1, 0.15) is 5.69 Å². The molecule has 0 saturated carbocycles. The van der Waals surface area contributed by atoms with Gasteiger partial charge in [-0.1, -0.05) is 12.6 Å². The number of aromatic hydroxyl groups is 1. The zero-order valence-corrected chi connectivity index (χ0v) is 23.1. The van der Waals surface area contributed by atoms with Gasteiger partial charge in [-0.05, 0) is 42.5 Å². The van der Waals surface area contributed by atoms with Crippen molar-refractivity contribution >= 4 is 41.5 Å². The van der Waals surface area contributed by atoms with E-state index in [2.05, 4.69) is 30.7 Å². The van der Waals surface area contributed by atoms with Gasteiger partial charge >= 0.3 is 38.6 Å². The molecule has 0 fully saturated rings. The Labute approximate surface area is 226 Å². The van der Waals surface area contributed by atoms with Gasteiger partial charge in [-0.3, -0.25) is 4.55 Å². The largest absolute Gasteiger partial charge is 1.00 e. The summed E-state index contributed by atoms with van der Waals surface area (Å²) in [6.07, 6.45) is 1.01. The zero-order valence-electron chi connectivity index (χ0n) is 17.4. The van der Waals surface area contributed by atoms with Gasteiger partial charge in [0.25, 0.3) is 0 Å². The molecule has 3 rings (SSSR count). The fraction of sp³-hybridized carbons (Fsp3) is 0.118. The van der Waals surface area contributed by atoms with Crippen LogP contribution in [-0.2, 0) is 47.4 Å². The molecule has 33 heavy (non-hydrogen) atoms. The molecule has 1 unspecified atom stereocenters. The van der Waals surface area contributed by atoms with Crippen LogP contribution in [-0.4, -0.2) is 38.3 Å². The van der Waals surface area contributed by atoms with Crippen LogP contribution < -0.4 is 39.3 Å². The molecule has 16 heteroatoms. The van der Waals surface area contributed by atoms with Gasteiger partial charge in [0.05, 0.1) is 21.8 Å². The van der Waals surface area contributed by atoms with Crippen LogP contribution in [0, 0.1) is 6.92 Å². The first-order valence-corrected chi connectivity index (χ1v) is 12.6. The molecule has 0 aliphatic rings. The molecule has 0 radical (unpaired) electrons. The first-order chi connectivity index (χ1) is 14.3. The Bertz CT molecular complexity index is 1450. The summed E-state index contributed by atoms with van der Waals surface area (Å²) in [5, 5.41) is 21.6. The molecule has 1 heterocycles. The van der Waals surface area contributed by atoms with Crippen LogP contribution in [0.3, 0.4) is 0 Å². The van der Waals surface area contributed by atoms with E-state index in [1.54, 1.807) is 0 Å². The number of nitrogens with zero attached hydrogens (tertiary/aromatic N) is 4. The molecule has 0 aliphatic carbocycles. The van der Waals surface area contributed by atoms with E-state index < -0.39 is 24.5 Å². The Morgan fingerprint density at radius 3 is 2.30 bits per heavy atom. The van der Waals surface area contributed by atoms with E-state index in [9.17, 15) is 22.5 Å². The third-order valence-electron chi connectivity index (χ3n) is 3.90. The van der Waals surface area contributed by atoms with Crippen molar-refractivity contribution in [3.63, 3.8) is 0 Å².